The van der Waals surface area contributed by atoms with Gasteiger partial charge in [0.1, 0.15) is 5.82 Å². The second-order valence-corrected chi connectivity index (χ2v) is 8.00. The number of nitrogens with one attached hydrogen (secondary N) is 1. The summed E-state index contributed by atoms with van der Waals surface area (Å²) >= 11 is 0. The minimum atomic E-state index is -3.94. The SMILES string of the molecule is O=C(CCC(=O)c1ccc(F)cc1)NS(=O)(=O)C1=Cc2ccccc2CC1. The van der Waals surface area contributed by atoms with Crippen molar-refractivity contribution >= 4 is 27.8 Å². The number of hydrogen-bond donors (Lipinski definition) is 1. The van der Waals surface area contributed by atoms with E-state index in [-0.39, 0.29) is 29.1 Å². The van der Waals surface area contributed by atoms with Crippen LogP contribution in [0.15, 0.2) is 53.4 Å². The molecule has 1 aliphatic carbocycles. The van der Waals surface area contributed by atoms with E-state index in [4.69, 9.17) is 0 Å². The zero-order valence-corrected chi connectivity index (χ0v) is 15.3. The Morgan fingerprint density at radius 3 is 2.41 bits per heavy atom. The lowest BCUT2D eigenvalue weighted by Gasteiger charge is -2.17. The first-order chi connectivity index (χ1) is 12.8. The van der Waals surface area contributed by atoms with Gasteiger partial charge in [0, 0.05) is 18.4 Å². The fourth-order valence-corrected chi connectivity index (χ4v) is 4.08. The fourth-order valence-electron chi connectivity index (χ4n) is 2.89. The number of benzene rings is 2. The van der Waals surface area contributed by atoms with Crippen LogP contribution in [-0.2, 0) is 21.2 Å². The number of ketones is 1. The Morgan fingerprint density at radius 2 is 1.67 bits per heavy atom. The van der Waals surface area contributed by atoms with Gasteiger partial charge in [-0.2, -0.15) is 0 Å². The van der Waals surface area contributed by atoms with Gasteiger partial charge in [0.05, 0.1) is 4.91 Å². The Hall–Kier alpha value is -2.80. The van der Waals surface area contributed by atoms with Gasteiger partial charge in [-0.3, -0.25) is 9.59 Å². The maximum atomic E-state index is 12.9. The standard InChI is InChI=1S/C20H18FNO4S/c21-17-8-5-15(6-9-17)19(23)11-12-20(24)22-27(25,26)18-10-7-14-3-1-2-4-16(14)13-18/h1-6,8-9,13H,7,10-12H2,(H,22,24). The summed E-state index contributed by atoms with van der Waals surface area (Å²) in [4.78, 5) is 24.2. The highest BCUT2D eigenvalue weighted by molar-refractivity contribution is 7.94. The van der Waals surface area contributed by atoms with E-state index in [0.717, 1.165) is 23.3 Å². The van der Waals surface area contributed by atoms with Gasteiger partial charge in [-0.15, -0.1) is 0 Å². The molecule has 0 atom stereocenters. The van der Waals surface area contributed by atoms with E-state index in [1.165, 1.54) is 12.1 Å². The van der Waals surface area contributed by atoms with Crippen LogP contribution in [0.25, 0.3) is 6.08 Å². The van der Waals surface area contributed by atoms with Gasteiger partial charge in [0.15, 0.2) is 5.78 Å². The highest BCUT2D eigenvalue weighted by atomic mass is 32.2. The maximum Gasteiger partial charge on any atom is 0.260 e. The molecule has 7 heteroatoms. The highest BCUT2D eigenvalue weighted by Crippen LogP contribution is 2.26. The summed E-state index contributed by atoms with van der Waals surface area (Å²) in [7, 11) is -3.94. The molecule has 1 aliphatic rings. The van der Waals surface area contributed by atoms with Crippen LogP contribution in [0.3, 0.4) is 0 Å². The van der Waals surface area contributed by atoms with Crippen LogP contribution in [0.2, 0.25) is 0 Å². The summed E-state index contributed by atoms with van der Waals surface area (Å²) < 4.78 is 39.8. The van der Waals surface area contributed by atoms with Crippen molar-refractivity contribution in [3.63, 3.8) is 0 Å². The first-order valence-electron chi connectivity index (χ1n) is 8.48. The number of carbonyl (C=O) groups is 2. The van der Waals surface area contributed by atoms with Crippen LogP contribution >= 0.6 is 0 Å². The predicted octanol–water partition coefficient (Wildman–Crippen LogP) is 3.22. The summed E-state index contributed by atoms with van der Waals surface area (Å²) in [6.45, 7) is 0. The topological polar surface area (TPSA) is 80.3 Å². The summed E-state index contributed by atoms with van der Waals surface area (Å²) in [6.07, 6.45) is 2.04. The Balaban J connectivity index is 1.61. The quantitative estimate of drug-likeness (QED) is 0.772. The van der Waals surface area contributed by atoms with Crippen molar-refractivity contribution in [2.24, 2.45) is 0 Å². The zero-order valence-electron chi connectivity index (χ0n) is 14.4. The molecule has 0 saturated carbocycles. The number of aryl methyl sites for hydroxylation is 1. The average molecular weight is 387 g/mol. The third-order valence-corrected chi connectivity index (χ3v) is 5.86. The molecule has 0 saturated heterocycles. The highest BCUT2D eigenvalue weighted by Gasteiger charge is 2.24. The second-order valence-electron chi connectivity index (χ2n) is 6.27. The minimum Gasteiger partial charge on any atom is -0.294 e. The normalized spacial score (nSPS) is 13.4. The van der Waals surface area contributed by atoms with Gasteiger partial charge in [0.25, 0.3) is 10.0 Å². The minimum absolute atomic E-state index is 0.152. The van der Waals surface area contributed by atoms with Crippen LogP contribution in [0.4, 0.5) is 4.39 Å². The number of rotatable bonds is 6. The lowest BCUT2D eigenvalue weighted by molar-refractivity contribution is -0.119. The molecule has 1 N–H and O–H groups in total. The van der Waals surface area contributed by atoms with Gasteiger partial charge in [-0.05, 0) is 54.3 Å². The number of amides is 1. The Kier molecular flexibility index (Phi) is 5.51. The van der Waals surface area contributed by atoms with E-state index >= 15 is 0 Å². The van der Waals surface area contributed by atoms with E-state index in [1.807, 2.05) is 29.0 Å². The summed E-state index contributed by atoms with van der Waals surface area (Å²) in [5, 5.41) is 0. The first kappa shape index (κ1) is 19.0. The van der Waals surface area contributed by atoms with Gasteiger partial charge in [-0.25, -0.2) is 17.5 Å². The Bertz CT molecular complexity index is 1010. The molecule has 0 unspecified atom stereocenters. The summed E-state index contributed by atoms with van der Waals surface area (Å²) in [5.74, 6) is -1.56. The van der Waals surface area contributed by atoms with Crippen LogP contribution in [0, 0.1) is 5.82 Å². The van der Waals surface area contributed by atoms with Gasteiger partial charge >= 0.3 is 0 Å². The molecule has 0 aromatic heterocycles. The van der Waals surface area contributed by atoms with Gasteiger partial charge in [-0.1, -0.05) is 24.3 Å². The Morgan fingerprint density at radius 1 is 0.963 bits per heavy atom. The van der Waals surface area contributed by atoms with Crippen molar-refractivity contribution in [2.75, 3.05) is 0 Å². The number of allylic oxidation sites excluding steroid dienone is 1. The molecule has 1 amide bonds. The van der Waals surface area contributed by atoms with E-state index in [9.17, 15) is 22.4 Å². The molecule has 2 aromatic rings. The van der Waals surface area contributed by atoms with Gasteiger partial charge in [0.2, 0.25) is 5.91 Å². The van der Waals surface area contributed by atoms with E-state index in [2.05, 4.69) is 0 Å². The molecule has 0 aliphatic heterocycles. The van der Waals surface area contributed by atoms with Crippen molar-refractivity contribution in [1.29, 1.82) is 0 Å². The summed E-state index contributed by atoms with van der Waals surface area (Å²) in [5.41, 5.74) is 2.16. The average Bonchev–Trinajstić information content (AvgIpc) is 2.66. The van der Waals surface area contributed by atoms with Crippen LogP contribution in [-0.4, -0.2) is 20.1 Å². The van der Waals surface area contributed by atoms with Crippen LogP contribution < -0.4 is 4.72 Å². The third-order valence-electron chi connectivity index (χ3n) is 4.35. The molecular weight excluding hydrogens is 369 g/mol. The molecule has 0 heterocycles. The second kappa shape index (κ2) is 7.84. The monoisotopic (exact) mass is 387 g/mol. The molecule has 0 bridgehead atoms. The van der Waals surface area contributed by atoms with Crippen molar-refractivity contribution < 1.29 is 22.4 Å². The molecule has 0 spiro atoms. The number of Topliss-reactive ketones (excluding diaryl/α,β-unsaturated/α-hetero) is 1. The fraction of sp³-hybridized carbons (Fsp3) is 0.200. The van der Waals surface area contributed by atoms with Crippen molar-refractivity contribution in [3.05, 3.63) is 75.9 Å². The van der Waals surface area contributed by atoms with E-state index < -0.39 is 21.7 Å². The molecule has 0 fully saturated rings. The molecule has 27 heavy (non-hydrogen) atoms. The number of carbonyl (C=O) groups excluding carboxylic acids is 2. The van der Waals surface area contributed by atoms with Crippen LogP contribution in [0.5, 0.6) is 0 Å². The van der Waals surface area contributed by atoms with Crippen molar-refractivity contribution in [1.82, 2.24) is 4.72 Å². The van der Waals surface area contributed by atoms with Crippen LogP contribution in [0.1, 0.15) is 40.7 Å². The summed E-state index contributed by atoms with van der Waals surface area (Å²) in [6, 6.07) is 12.5. The first-order valence-corrected chi connectivity index (χ1v) is 9.96. The Labute approximate surface area is 157 Å². The number of sulfonamides is 1. The van der Waals surface area contributed by atoms with E-state index in [0.29, 0.717) is 12.8 Å². The van der Waals surface area contributed by atoms with Crippen molar-refractivity contribution in [3.8, 4) is 0 Å². The number of halogens is 1. The smallest absolute Gasteiger partial charge is 0.260 e. The molecule has 0 radical (unpaired) electrons. The van der Waals surface area contributed by atoms with E-state index in [1.54, 1.807) is 6.08 Å². The lowest BCUT2D eigenvalue weighted by Crippen LogP contribution is -2.32. The molecular formula is C20H18FNO4S. The number of hydrogen-bond acceptors (Lipinski definition) is 4. The van der Waals surface area contributed by atoms with Crippen molar-refractivity contribution in [2.45, 2.75) is 25.7 Å². The number of fused-ring (bicyclic) bond motifs is 1. The lowest BCUT2D eigenvalue weighted by atomic mass is 9.98. The molecule has 3 rings (SSSR count). The molecule has 140 valence electrons. The van der Waals surface area contributed by atoms with Gasteiger partial charge < -0.3 is 0 Å². The largest absolute Gasteiger partial charge is 0.294 e. The predicted molar refractivity (Wildman–Crippen MR) is 99.8 cm³/mol. The molecule has 5 nitrogen and oxygen atoms in total. The maximum absolute atomic E-state index is 12.9. The third kappa shape index (κ3) is 4.68. The molecule has 2 aromatic carbocycles. The zero-order chi connectivity index (χ0) is 19.4.